The average Bonchev–Trinajstić information content (AvgIpc) is 3.08. The van der Waals surface area contributed by atoms with Crippen LogP contribution in [0.5, 0.6) is 0 Å². The standard InChI is InChI=1S/C23H29N3O2S/c1-7-16-11-19-22(29-16)24-15(6)26(23(19)28)12-20(27)25-21-17(13(2)3)9-8-10-18(21)14(4)5/h8-11,13-14H,7,12H2,1-6H3,(H,25,27). The monoisotopic (exact) mass is 411 g/mol. The van der Waals surface area contributed by atoms with Crippen LogP contribution in [0.3, 0.4) is 0 Å². The van der Waals surface area contributed by atoms with Gasteiger partial charge in [0.25, 0.3) is 5.56 Å². The van der Waals surface area contributed by atoms with Crippen LogP contribution in [-0.2, 0) is 17.8 Å². The molecule has 29 heavy (non-hydrogen) atoms. The zero-order valence-electron chi connectivity index (χ0n) is 18.0. The molecule has 0 bridgehead atoms. The Morgan fingerprint density at radius 2 is 1.79 bits per heavy atom. The molecule has 6 heteroatoms. The number of hydrogen-bond acceptors (Lipinski definition) is 4. The summed E-state index contributed by atoms with van der Waals surface area (Å²) in [5, 5.41) is 3.68. The number of hydrogen-bond donors (Lipinski definition) is 1. The van der Waals surface area contributed by atoms with E-state index in [4.69, 9.17) is 0 Å². The van der Waals surface area contributed by atoms with E-state index in [1.165, 1.54) is 4.57 Å². The van der Waals surface area contributed by atoms with E-state index in [-0.39, 0.29) is 29.8 Å². The van der Waals surface area contributed by atoms with E-state index in [0.717, 1.165) is 32.9 Å². The lowest BCUT2D eigenvalue weighted by molar-refractivity contribution is -0.116. The van der Waals surface area contributed by atoms with Crippen LogP contribution >= 0.6 is 11.3 Å². The maximum atomic E-state index is 13.0. The molecule has 0 unspecified atom stereocenters. The van der Waals surface area contributed by atoms with Crippen molar-refractivity contribution in [1.29, 1.82) is 0 Å². The summed E-state index contributed by atoms with van der Waals surface area (Å²) >= 11 is 1.54. The highest BCUT2D eigenvalue weighted by Crippen LogP contribution is 2.32. The number of carbonyl (C=O) groups excluding carboxylic acids is 1. The number of rotatable bonds is 6. The molecular formula is C23H29N3O2S. The number of fused-ring (bicyclic) bond motifs is 1. The first-order valence-electron chi connectivity index (χ1n) is 10.1. The van der Waals surface area contributed by atoms with Gasteiger partial charge < -0.3 is 5.32 Å². The normalized spacial score (nSPS) is 11.6. The Kier molecular flexibility index (Phi) is 6.22. The van der Waals surface area contributed by atoms with Gasteiger partial charge in [0, 0.05) is 10.6 Å². The van der Waals surface area contributed by atoms with Gasteiger partial charge in [-0.2, -0.15) is 0 Å². The van der Waals surface area contributed by atoms with Crippen LogP contribution in [0, 0.1) is 6.92 Å². The number of thiophene rings is 1. The molecule has 0 fully saturated rings. The smallest absolute Gasteiger partial charge is 0.262 e. The molecule has 3 rings (SSSR count). The number of aromatic nitrogens is 2. The van der Waals surface area contributed by atoms with Gasteiger partial charge in [-0.15, -0.1) is 11.3 Å². The zero-order chi connectivity index (χ0) is 21.3. The van der Waals surface area contributed by atoms with Crippen LogP contribution in [0.25, 0.3) is 10.2 Å². The second-order valence-corrected chi connectivity index (χ2v) is 9.12. The predicted octanol–water partition coefficient (Wildman–Crippen LogP) is 5.21. The third kappa shape index (κ3) is 4.27. The van der Waals surface area contributed by atoms with Crippen molar-refractivity contribution < 1.29 is 4.79 Å². The van der Waals surface area contributed by atoms with E-state index in [0.29, 0.717) is 11.2 Å². The number of aryl methyl sites for hydroxylation is 2. The van der Waals surface area contributed by atoms with E-state index in [1.807, 2.05) is 12.1 Å². The molecular weight excluding hydrogens is 382 g/mol. The van der Waals surface area contributed by atoms with Crippen LogP contribution < -0.4 is 10.9 Å². The van der Waals surface area contributed by atoms with Crippen molar-refractivity contribution in [1.82, 2.24) is 9.55 Å². The minimum atomic E-state index is -0.211. The van der Waals surface area contributed by atoms with E-state index in [2.05, 4.69) is 57.1 Å². The molecule has 5 nitrogen and oxygen atoms in total. The molecule has 0 saturated heterocycles. The molecule has 0 atom stereocenters. The minimum Gasteiger partial charge on any atom is -0.324 e. The summed E-state index contributed by atoms with van der Waals surface area (Å²) in [7, 11) is 0. The van der Waals surface area contributed by atoms with Gasteiger partial charge in [-0.05, 0) is 42.4 Å². The largest absolute Gasteiger partial charge is 0.324 e. The third-order valence-electron chi connectivity index (χ3n) is 5.18. The maximum absolute atomic E-state index is 13.0. The van der Waals surface area contributed by atoms with Gasteiger partial charge in [-0.25, -0.2) is 4.98 Å². The molecule has 0 radical (unpaired) electrons. The van der Waals surface area contributed by atoms with Crippen molar-refractivity contribution in [2.45, 2.75) is 66.3 Å². The summed E-state index contributed by atoms with van der Waals surface area (Å²) < 4.78 is 1.47. The summed E-state index contributed by atoms with van der Waals surface area (Å²) in [6.07, 6.45) is 0.865. The van der Waals surface area contributed by atoms with E-state index >= 15 is 0 Å². The van der Waals surface area contributed by atoms with Gasteiger partial charge in [0.1, 0.15) is 17.2 Å². The average molecular weight is 412 g/mol. The van der Waals surface area contributed by atoms with E-state index in [9.17, 15) is 9.59 Å². The lowest BCUT2D eigenvalue weighted by Gasteiger charge is -2.20. The Labute approximate surface area is 175 Å². The molecule has 3 aromatic rings. The lowest BCUT2D eigenvalue weighted by Crippen LogP contribution is -2.30. The van der Waals surface area contributed by atoms with Crippen molar-refractivity contribution in [3.8, 4) is 0 Å². The summed E-state index contributed by atoms with van der Waals surface area (Å²) in [4.78, 5) is 32.3. The molecule has 0 aliphatic heterocycles. The fraction of sp³-hybridized carbons (Fsp3) is 0.435. The Hall–Kier alpha value is -2.47. The molecule has 2 aromatic heterocycles. The topological polar surface area (TPSA) is 64.0 Å². The van der Waals surface area contributed by atoms with Crippen molar-refractivity contribution >= 4 is 33.1 Å². The van der Waals surface area contributed by atoms with Crippen LogP contribution in [0.4, 0.5) is 5.69 Å². The Morgan fingerprint density at radius 3 is 2.34 bits per heavy atom. The van der Waals surface area contributed by atoms with Crippen LogP contribution in [0.15, 0.2) is 29.1 Å². The summed E-state index contributed by atoms with van der Waals surface area (Å²) in [5.41, 5.74) is 2.92. The summed E-state index contributed by atoms with van der Waals surface area (Å²) in [6.45, 7) is 12.2. The first-order chi connectivity index (χ1) is 13.7. The van der Waals surface area contributed by atoms with Gasteiger partial charge in [0.15, 0.2) is 0 Å². The molecule has 1 amide bonds. The fourth-order valence-electron chi connectivity index (χ4n) is 3.55. The van der Waals surface area contributed by atoms with Gasteiger partial charge in [0.05, 0.1) is 5.39 Å². The fourth-order valence-corrected chi connectivity index (χ4v) is 4.55. The third-order valence-corrected chi connectivity index (χ3v) is 6.35. The molecule has 0 aliphatic carbocycles. The van der Waals surface area contributed by atoms with Crippen LogP contribution in [0.2, 0.25) is 0 Å². The predicted molar refractivity (Wildman–Crippen MR) is 121 cm³/mol. The van der Waals surface area contributed by atoms with Gasteiger partial charge in [-0.1, -0.05) is 52.8 Å². The number of para-hydroxylation sites is 1. The minimum absolute atomic E-state index is 0.0467. The molecule has 0 spiro atoms. The summed E-state index contributed by atoms with van der Waals surface area (Å²) in [6, 6.07) is 8.03. The van der Waals surface area contributed by atoms with Gasteiger partial charge in [-0.3, -0.25) is 14.2 Å². The number of benzene rings is 1. The van der Waals surface area contributed by atoms with Crippen molar-refractivity contribution in [3.05, 3.63) is 56.4 Å². The Bertz CT molecular complexity index is 1080. The Morgan fingerprint density at radius 1 is 1.17 bits per heavy atom. The summed E-state index contributed by atoms with van der Waals surface area (Å²) in [5.74, 6) is 0.912. The number of amides is 1. The number of carbonyl (C=O) groups is 1. The molecule has 1 N–H and O–H groups in total. The van der Waals surface area contributed by atoms with Crippen LogP contribution in [-0.4, -0.2) is 15.5 Å². The number of anilines is 1. The molecule has 1 aromatic carbocycles. The van der Waals surface area contributed by atoms with Gasteiger partial charge >= 0.3 is 0 Å². The quantitative estimate of drug-likeness (QED) is 0.605. The first kappa shape index (κ1) is 21.2. The molecule has 2 heterocycles. The molecule has 0 aliphatic rings. The van der Waals surface area contributed by atoms with Crippen molar-refractivity contribution in [2.24, 2.45) is 0 Å². The van der Waals surface area contributed by atoms with Crippen molar-refractivity contribution in [2.75, 3.05) is 5.32 Å². The van der Waals surface area contributed by atoms with Crippen molar-refractivity contribution in [3.63, 3.8) is 0 Å². The van der Waals surface area contributed by atoms with E-state index in [1.54, 1.807) is 18.3 Å². The first-order valence-corrected chi connectivity index (χ1v) is 11.0. The molecule has 154 valence electrons. The number of nitrogens with one attached hydrogen (secondary N) is 1. The second-order valence-electron chi connectivity index (χ2n) is 8.00. The SMILES string of the molecule is CCc1cc2c(=O)n(CC(=O)Nc3c(C(C)C)cccc3C(C)C)c(C)nc2s1. The zero-order valence-corrected chi connectivity index (χ0v) is 18.8. The number of nitrogens with zero attached hydrogens (tertiary/aromatic N) is 2. The lowest BCUT2D eigenvalue weighted by atomic mass is 9.92. The molecule has 0 saturated carbocycles. The van der Waals surface area contributed by atoms with Gasteiger partial charge in [0.2, 0.25) is 5.91 Å². The highest BCUT2D eigenvalue weighted by Gasteiger charge is 2.18. The van der Waals surface area contributed by atoms with E-state index < -0.39 is 0 Å². The second kappa shape index (κ2) is 8.49. The highest BCUT2D eigenvalue weighted by molar-refractivity contribution is 7.18. The van der Waals surface area contributed by atoms with Crippen LogP contribution in [0.1, 0.15) is 68.3 Å². The maximum Gasteiger partial charge on any atom is 0.262 e. The Balaban J connectivity index is 1.95. The highest BCUT2D eigenvalue weighted by atomic mass is 32.1.